The van der Waals surface area contributed by atoms with Gasteiger partial charge >= 0.3 is 0 Å². The van der Waals surface area contributed by atoms with Crippen molar-refractivity contribution in [3.63, 3.8) is 0 Å². The largest absolute Gasteiger partial charge is 0.0620 e. The van der Waals surface area contributed by atoms with Crippen LogP contribution in [0, 0.1) is 41.4 Å². The molecule has 15 heavy (non-hydrogen) atoms. The molecule has 0 radical (unpaired) electrons. The van der Waals surface area contributed by atoms with Gasteiger partial charge in [-0.05, 0) is 54.3 Å². The molecular formula is C15H26. The number of rotatable bonds is 0. The number of hydrogen-bond acceptors (Lipinski definition) is 0. The number of hydrogen-bond donors (Lipinski definition) is 0. The van der Waals surface area contributed by atoms with Crippen molar-refractivity contribution in [3.05, 3.63) is 0 Å². The van der Waals surface area contributed by atoms with Gasteiger partial charge in [0.25, 0.3) is 0 Å². The summed E-state index contributed by atoms with van der Waals surface area (Å²) >= 11 is 0. The third-order valence-electron chi connectivity index (χ3n) is 6.53. The van der Waals surface area contributed by atoms with Crippen molar-refractivity contribution in [2.45, 2.75) is 52.9 Å². The molecule has 0 aromatic heterocycles. The molecular weight excluding hydrogens is 180 g/mol. The second-order valence-electron chi connectivity index (χ2n) is 6.83. The fraction of sp³-hybridized carbons (Fsp3) is 1.00. The van der Waals surface area contributed by atoms with Crippen LogP contribution in [-0.4, -0.2) is 0 Å². The van der Waals surface area contributed by atoms with Crippen molar-refractivity contribution >= 4 is 0 Å². The maximum Gasteiger partial charge on any atom is -0.0352 e. The van der Waals surface area contributed by atoms with Gasteiger partial charge in [-0.25, -0.2) is 0 Å². The standard InChI is InChI=1S/C15H26/c1-9-10(2)14-7-12-5-4-6-13(12)8-15(14)11(9)3/h9-15H,4-8H2,1-3H3. The molecule has 0 aromatic carbocycles. The molecule has 0 amide bonds. The molecule has 6 atom stereocenters. The van der Waals surface area contributed by atoms with E-state index in [-0.39, 0.29) is 0 Å². The van der Waals surface area contributed by atoms with E-state index in [4.69, 9.17) is 0 Å². The topological polar surface area (TPSA) is 0 Å². The Morgan fingerprint density at radius 2 is 1.13 bits per heavy atom. The molecule has 3 aliphatic carbocycles. The van der Waals surface area contributed by atoms with E-state index in [2.05, 4.69) is 20.8 Å². The van der Waals surface area contributed by atoms with Crippen LogP contribution in [0.5, 0.6) is 0 Å². The lowest BCUT2D eigenvalue weighted by atomic mass is 9.68. The van der Waals surface area contributed by atoms with Crippen molar-refractivity contribution < 1.29 is 0 Å². The summed E-state index contributed by atoms with van der Waals surface area (Å²) in [5.41, 5.74) is 0. The second kappa shape index (κ2) is 3.50. The third kappa shape index (κ3) is 1.40. The van der Waals surface area contributed by atoms with Crippen molar-refractivity contribution in [2.75, 3.05) is 0 Å². The molecule has 3 rings (SSSR count). The first kappa shape index (κ1) is 10.2. The summed E-state index contributed by atoms with van der Waals surface area (Å²) in [5, 5.41) is 0. The van der Waals surface area contributed by atoms with Crippen LogP contribution in [-0.2, 0) is 0 Å². The van der Waals surface area contributed by atoms with Gasteiger partial charge in [0, 0.05) is 0 Å². The maximum absolute atomic E-state index is 2.53. The highest BCUT2D eigenvalue weighted by molar-refractivity contribution is 4.98. The summed E-state index contributed by atoms with van der Waals surface area (Å²) in [5.74, 6) is 7.44. The average Bonchev–Trinajstić information content (AvgIpc) is 2.77. The van der Waals surface area contributed by atoms with E-state index in [0.717, 1.165) is 41.4 Å². The Morgan fingerprint density at radius 3 is 1.60 bits per heavy atom. The minimum Gasteiger partial charge on any atom is -0.0620 e. The highest BCUT2D eigenvalue weighted by Crippen LogP contribution is 2.57. The summed E-state index contributed by atoms with van der Waals surface area (Å²) in [4.78, 5) is 0. The zero-order valence-corrected chi connectivity index (χ0v) is 10.6. The van der Waals surface area contributed by atoms with Gasteiger partial charge in [-0.2, -0.15) is 0 Å². The molecule has 0 heterocycles. The Kier molecular flexibility index (Phi) is 2.37. The lowest BCUT2D eigenvalue weighted by molar-refractivity contribution is 0.119. The quantitative estimate of drug-likeness (QED) is 0.553. The van der Waals surface area contributed by atoms with Gasteiger partial charge in [0.15, 0.2) is 0 Å². The van der Waals surface area contributed by atoms with E-state index >= 15 is 0 Å². The van der Waals surface area contributed by atoms with E-state index in [1.165, 1.54) is 6.42 Å². The first-order valence-electron chi connectivity index (χ1n) is 7.18. The summed E-state index contributed by atoms with van der Waals surface area (Å²) < 4.78 is 0. The Labute approximate surface area is 94.8 Å². The Hall–Kier alpha value is 0. The minimum absolute atomic E-state index is 0.985. The van der Waals surface area contributed by atoms with Crippen LogP contribution in [0.25, 0.3) is 0 Å². The first-order chi connectivity index (χ1) is 7.18. The van der Waals surface area contributed by atoms with Crippen molar-refractivity contribution in [2.24, 2.45) is 41.4 Å². The zero-order valence-electron chi connectivity index (χ0n) is 10.6. The molecule has 0 spiro atoms. The Morgan fingerprint density at radius 1 is 0.667 bits per heavy atom. The Balaban J connectivity index is 1.81. The second-order valence-corrected chi connectivity index (χ2v) is 6.83. The van der Waals surface area contributed by atoms with Crippen molar-refractivity contribution in [1.82, 2.24) is 0 Å². The Bertz CT molecular complexity index is 220. The van der Waals surface area contributed by atoms with Crippen LogP contribution in [0.2, 0.25) is 0 Å². The van der Waals surface area contributed by atoms with Crippen LogP contribution in [0.1, 0.15) is 52.9 Å². The number of fused-ring (bicyclic) bond motifs is 2. The molecule has 6 unspecified atom stereocenters. The highest BCUT2D eigenvalue weighted by atomic mass is 14.5. The predicted molar refractivity (Wildman–Crippen MR) is 64.5 cm³/mol. The maximum atomic E-state index is 2.53. The van der Waals surface area contributed by atoms with E-state index in [0.29, 0.717) is 0 Å². The zero-order chi connectivity index (χ0) is 10.6. The smallest absolute Gasteiger partial charge is 0.0352 e. The van der Waals surface area contributed by atoms with Gasteiger partial charge in [0.05, 0.1) is 0 Å². The van der Waals surface area contributed by atoms with Crippen LogP contribution in [0.4, 0.5) is 0 Å². The lowest BCUT2D eigenvalue weighted by Gasteiger charge is -2.37. The highest BCUT2D eigenvalue weighted by Gasteiger charge is 2.49. The van der Waals surface area contributed by atoms with Crippen LogP contribution < -0.4 is 0 Å². The van der Waals surface area contributed by atoms with Crippen molar-refractivity contribution in [1.29, 1.82) is 0 Å². The molecule has 0 saturated heterocycles. The van der Waals surface area contributed by atoms with E-state index in [9.17, 15) is 0 Å². The van der Waals surface area contributed by atoms with E-state index < -0.39 is 0 Å². The van der Waals surface area contributed by atoms with Crippen LogP contribution in [0.15, 0.2) is 0 Å². The SMILES string of the molecule is CC1C(C)C2CC3CCCC3CC2C1C. The monoisotopic (exact) mass is 206 g/mol. The molecule has 0 nitrogen and oxygen atoms in total. The lowest BCUT2D eigenvalue weighted by Crippen LogP contribution is -2.29. The molecule has 0 aromatic rings. The van der Waals surface area contributed by atoms with Gasteiger partial charge in [0.2, 0.25) is 0 Å². The molecule has 0 N–H and O–H groups in total. The normalized spacial score (nSPS) is 59.0. The molecule has 0 heteroatoms. The van der Waals surface area contributed by atoms with Gasteiger partial charge in [-0.1, -0.05) is 40.0 Å². The van der Waals surface area contributed by atoms with Gasteiger partial charge < -0.3 is 0 Å². The minimum atomic E-state index is 0.985. The van der Waals surface area contributed by atoms with Crippen LogP contribution >= 0.6 is 0 Å². The third-order valence-corrected chi connectivity index (χ3v) is 6.53. The molecule has 3 saturated carbocycles. The van der Waals surface area contributed by atoms with E-state index in [1.807, 2.05) is 0 Å². The fourth-order valence-electron chi connectivity index (χ4n) is 5.25. The fourth-order valence-corrected chi connectivity index (χ4v) is 5.25. The van der Waals surface area contributed by atoms with Crippen molar-refractivity contribution in [3.8, 4) is 0 Å². The van der Waals surface area contributed by atoms with Gasteiger partial charge in [-0.15, -0.1) is 0 Å². The molecule has 0 bridgehead atoms. The van der Waals surface area contributed by atoms with Gasteiger partial charge in [0.1, 0.15) is 0 Å². The molecule has 3 fully saturated rings. The average molecular weight is 206 g/mol. The summed E-state index contributed by atoms with van der Waals surface area (Å²) in [6.45, 7) is 7.56. The van der Waals surface area contributed by atoms with Crippen LogP contribution in [0.3, 0.4) is 0 Å². The summed E-state index contributed by atoms with van der Waals surface area (Å²) in [7, 11) is 0. The first-order valence-corrected chi connectivity index (χ1v) is 7.18. The molecule has 0 aliphatic heterocycles. The molecule has 86 valence electrons. The predicted octanol–water partition coefficient (Wildman–Crippen LogP) is 4.35. The van der Waals surface area contributed by atoms with E-state index in [1.54, 1.807) is 25.7 Å². The summed E-state index contributed by atoms with van der Waals surface area (Å²) in [6, 6.07) is 0. The molecule has 3 aliphatic rings. The summed E-state index contributed by atoms with van der Waals surface area (Å²) in [6.07, 6.45) is 7.83. The van der Waals surface area contributed by atoms with Gasteiger partial charge in [-0.3, -0.25) is 0 Å².